The highest BCUT2D eigenvalue weighted by Crippen LogP contribution is 2.27. The van der Waals surface area contributed by atoms with E-state index in [1.54, 1.807) is 0 Å². The van der Waals surface area contributed by atoms with Crippen LogP contribution in [-0.4, -0.2) is 36.5 Å². The van der Waals surface area contributed by atoms with Gasteiger partial charge < -0.3 is 11.5 Å². The second-order valence-corrected chi connectivity index (χ2v) is 6.17. The van der Waals surface area contributed by atoms with Crippen LogP contribution in [0.1, 0.15) is 43.2 Å². The molecule has 1 aliphatic rings. The Hall–Kier alpha value is -1.39. The minimum atomic E-state index is -0.284. The lowest BCUT2D eigenvalue weighted by Crippen LogP contribution is -2.48. The quantitative estimate of drug-likeness (QED) is 0.872. The first kappa shape index (κ1) is 15.0. The largest absolute Gasteiger partial charge is 0.369 e. The molecule has 0 radical (unpaired) electrons. The Labute approximate surface area is 121 Å². The third-order valence-electron chi connectivity index (χ3n) is 4.01. The van der Waals surface area contributed by atoms with E-state index in [1.807, 2.05) is 0 Å². The minimum absolute atomic E-state index is 0.109. The molecule has 4 nitrogen and oxygen atoms in total. The number of benzene rings is 1. The van der Waals surface area contributed by atoms with Crippen molar-refractivity contribution in [1.82, 2.24) is 4.90 Å². The Morgan fingerprint density at radius 1 is 1.30 bits per heavy atom. The van der Waals surface area contributed by atoms with E-state index in [2.05, 4.69) is 43.0 Å². The van der Waals surface area contributed by atoms with Gasteiger partial charge in [0.15, 0.2) is 0 Å². The molecule has 0 aliphatic carbocycles. The van der Waals surface area contributed by atoms with Crippen molar-refractivity contribution in [3.63, 3.8) is 0 Å². The Bertz CT molecular complexity index is 455. The lowest BCUT2D eigenvalue weighted by Gasteiger charge is -2.36. The number of carbonyl (C=O) groups excluding carboxylic acids is 1. The molecule has 0 aromatic heterocycles. The first-order chi connectivity index (χ1) is 9.45. The average Bonchev–Trinajstić information content (AvgIpc) is 2.37. The summed E-state index contributed by atoms with van der Waals surface area (Å²) in [5.74, 6) is 0.649. The highest BCUT2D eigenvalue weighted by Gasteiger charge is 2.26. The zero-order chi connectivity index (χ0) is 14.7. The van der Waals surface area contributed by atoms with Crippen molar-refractivity contribution < 1.29 is 4.79 Å². The van der Waals surface area contributed by atoms with Gasteiger partial charge in [0.2, 0.25) is 5.91 Å². The number of nitrogens with zero attached hydrogens (tertiary/aromatic N) is 1. The second-order valence-electron chi connectivity index (χ2n) is 6.17. The van der Waals surface area contributed by atoms with E-state index in [9.17, 15) is 4.79 Å². The normalized spacial score (nSPS) is 24.0. The highest BCUT2D eigenvalue weighted by molar-refractivity contribution is 5.75. The Balaban J connectivity index is 2.08. The molecule has 20 heavy (non-hydrogen) atoms. The fraction of sp³-hybridized carbons (Fsp3) is 0.562. The van der Waals surface area contributed by atoms with Crippen molar-refractivity contribution in [3.8, 4) is 0 Å². The molecule has 110 valence electrons. The molecule has 2 unspecified atom stereocenters. The van der Waals surface area contributed by atoms with E-state index in [4.69, 9.17) is 11.5 Å². The van der Waals surface area contributed by atoms with E-state index in [0.717, 1.165) is 19.5 Å². The lowest BCUT2D eigenvalue weighted by atomic mass is 9.87. The number of nitrogens with two attached hydrogens (primary N) is 2. The Kier molecular flexibility index (Phi) is 4.78. The van der Waals surface area contributed by atoms with E-state index < -0.39 is 0 Å². The summed E-state index contributed by atoms with van der Waals surface area (Å²) in [6.45, 7) is 6.30. The van der Waals surface area contributed by atoms with Gasteiger partial charge >= 0.3 is 0 Å². The Morgan fingerprint density at radius 3 is 2.50 bits per heavy atom. The van der Waals surface area contributed by atoms with Crippen LogP contribution in [-0.2, 0) is 4.79 Å². The molecule has 2 rings (SSSR count). The first-order valence-corrected chi connectivity index (χ1v) is 7.31. The third-order valence-corrected chi connectivity index (χ3v) is 4.01. The van der Waals surface area contributed by atoms with Gasteiger partial charge in [0.1, 0.15) is 0 Å². The number of rotatable bonds is 4. The van der Waals surface area contributed by atoms with Crippen LogP contribution < -0.4 is 11.5 Å². The topological polar surface area (TPSA) is 72.3 Å². The van der Waals surface area contributed by atoms with Crippen molar-refractivity contribution in [2.45, 2.75) is 38.1 Å². The van der Waals surface area contributed by atoms with Crippen LogP contribution >= 0.6 is 0 Å². The molecule has 2 atom stereocenters. The number of hydrogen-bond acceptors (Lipinski definition) is 3. The molecule has 1 aromatic rings. The highest BCUT2D eigenvalue weighted by atomic mass is 16.1. The third kappa shape index (κ3) is 3.81. The molecule has 1 fully saturated rings. The number of hydrogen-bond donors (Lipinski definition) is 2. The molecule has 1 heterocycles. The van der Waals surface area contributed by atoms with Gasteiger partial charge in [-0.05, 0) is 29.4 Å². The molecule has 1 saturated heterocycles. The molecular weight excluding hydrogens is 250 g/mol. The maximum absolute atomic E-state index is 11.1. The second kappa shape index (κ2) is 6.37. The number of primary amides is 1. The SMILES string of the molecule is CC(C)c1ccc(C2CC(N)CN(CC(N)=O)C2)cc1. The number of amides is 1. The van der Waals surface area contributed by atoms with Gasteiger partial charge in [-0.2, -0.15) is 0 Å². The van der Waals surface area contributed by atoms with Crippen LogP contribution in [0.25, 0.3) is 0 Å². The van der Waals surface area contributed by atoms with Gasteiger partial charge in [0, 0.05) is 19.1 Å². The molecular formula is C16H25N3O. The zero-order valence-corrected chi connectivity index (χ0v) is 12.4. The molecule has 1 amide bonds. The van der Waals surface area contributed by atoms with E-state index in [1.165, 1.54) is 11.1 Å². The molecule has 0 saturated carbocycles. The standard InChI is InChI=1S/C16H25N3O/c1-11(2)12-3-5-13(6-4-12)14-7-15(17)9-19(8-14)10-16(18)20/h3-6,11,14-15H,7-10,17H2,1-2H3,(H2,18,20). The molecule has 0 spiro atoms. The van der Waals surface area contributed by atoms with Crippen molar-refractivity contribution in [2.24, 2.45) is 11.5 Å². The lowest BCUT2D eigenvalue weighted by molar-refractivity contribution is -0.119. The summed E-state index contributed by atoms with van der Waals surface area (Å²) in [5, 5.41) is 0. The summed E-state index contributed by atoms with van der Waals surface area (Å²) >= 11 is 0. The zero-order valence-electron chi connectivity index (χ0n) is 12.4. The van der Waals surface area contributed by atoms with Crippen molar-refractivity contribution >= 4 is 5.91 Å². The minimum Gasteiger partial charge on any atom is -0.369 e. The molecule has 4 N–H and O–H groups in total. The first-order valence-electron chi connectivity index (χ1n) is 7.31. The molecule has 1 aromatic carbocycles. The van der Waals surface area contributed by atoms with Crippen LogP contribution in [0.2, 0.25) is 0 Å². The summed E-state index contributed by atoms with van der Waals surface area (Å²) in [5.41, 5.74) is 14.1. The fourth-order valence-electron chi connectivity index (χ4n) is 2.98. The number of likely N-dealkylation sites (tertiary alicyclic amines) is 1. The molecule has 1 aliphatic heterocycles. The van der Waals surface area contributed by atoms with Gasteiger partial charge in [0.05, 0.1) is 6.54 Å². The van der Waals surface area contributed by atoms with Gasteiger partial charge in [-0.1, -0.05) is 38.1 Å². The van der Waals surface area contributed by atoms with Crippen molar-refractivity contribution in [1.29, 1.82) is 0 Å². The fourth-order valence-corrected chi connectivity index (χ4v) is 2.98. The number of carbonyl (C=O) groups is 1. The van der Waals surface area contributed by atoms with Crippen LogP contribution in [0, 0.1) is 0 Å². The smallest absolute Gasteiger partial charge is 0.231 e. The summed E-state index contributed by atoms with van der Waals surface area (Å²) < 4.78 is 0. The predicted molar refractivity (Wildman–Crippen MR) is 81.5 cm³/mol. The maximum atomic E-state index is 11.1. The summed E-state index contributed by atoms with van der Waals surface area (Å²) in [4.78, 5) is 13.1. The van der Waals surface area contributed by atoms with Gasteiger partial charge in [-0.25, -0.2) is 0 Å². The summed E-state index contributed by atoms with van der Waals surface area (Å²) in [6, 6.07) is 8.89. The average molecular weight is 275 g/mol. The van der Waals surface area contributed by atoms with Gasteiger partial charge in [0.25, 0.3) is 0 Å². The van der Waals surface area contributed by atoms with Crippen LogP contribution in [0.5, 0.6) is 0 Å². The summed E-state index contributed by atoms with van der Waals surface area (Å²) in [7, 11) is 0. The maximum Gasteiger partial charge on any atom is 0.231 e. The predicted octanol–water partition coefficient (Wildman–Crippen LogP) is 1.41. The molecule has 0 bridgehead atoms. The van der Waals surface area contributed by atoms with E-state index in [-0.39, 0.29) is 11.9 Å². The van der Waals surface area contributed by atoms with Crippen molar-refractivity contribution in [2.75, 3.05) is 19.6 Å². The molecule has 4 heteroatoms. The number of piperidine rings is 1. The van der Waals surface area contributed by atoms with Gasteiger partial charge in [-0.3, -0.25) is 9.69 Å². The van der Waals surface area contributed by atoms with Crippen LogP contribution in [0.3, 0.4) is 0 Å². The van der Waals surface area contributed by atoms with Crippen LogP contribution in [0.4, 0.5) is 0 Å². The monoisotopic (exact) mass is 275 g/mol. The van der Waals surface area contributed by atoms with E-state index >= 15 is 0 Å². The van der Waals surface area contributed by atoms with Crippen LogP contribution in [0.15, 0.2) is 24.3 Å². The van der Waals surface area contributed by atoms with Gasteiger partial charge in [-0.15, -0.1) is 0 Å². The Morgan fingerprint density at radius 2 is 1.95 bits per heavy atom. The summed E-state index contributed by atoms with van der Waals surface area (Å²) in [6.07, 6.45) is 0.969. The van der Waals surface area contributed by atoms with Crippen molar-refractivity contribution in [3.05, 3.63) is 35.4 Å². The van der Waals surface area contributed by atoms with E-state index in [0.29, 0.717) is 18.4 Å².